The van der Waals surface area contributed by atoms with Crippen LogP contribution in [0.15, 0.2) is 72.2 Å². The van der Waals surface area contributed by atoms with E-state index in [1.807, 2.05) is 48.1 Å². The molecule has 2 atom stereocenters. The molecule has 0 radical (unpaired) electrons. The zero-order valence-electron chi connectivity index (χ0n) is 15.4. The van der Waals surface area contributed by atoms with Crippen molar-refractivity contribution in [2.24, 2.45) is 11.8 Å². The van der Waals surface area contributed by atoms with Crippen LogP contribution in [0.2, 0.25) is 0 Å². The van der Waals surface area contributed by atoms with E-state index in [1.54, 1.807) is 12.5 Å². The van der Waals surface area contributed by atoms with E-state index in [1.165, 1.54) is 0 Å². The molecule has 1 N–H and O–H groups in total. The summed E-state index contributed by atoms with van der Waals surface area (Å²) in [4.78, 5) is 16.6. The number of hydrogen-bond donors (Lipinski definition) is 1. The molecule has 27 heavy (non-hydrogen) atoms. The average molecular weight is 365 g/mol. The fourth-order valence-electron chi connectivity index (χ4n) is 3.54. The van der Waals surface area contributed by atoms with Crippen LogP contribution in [0.5, 0.6) is 0 Å². The summed E-state index contributed by atoms with van der Waals surface area (Å²) >= 11 is 0. The standard InChI is InChI=1S/C22H24FN3O/c1-15-20(13-17(6-10-21(15)23)22(27)25-18-7-8-18)16-3-2-4-19(9-5-16)26-12-11-24-14-26/h2-5,9,11-14,16-18H,6-8,10H2,1H3,(H,25,27). The number of amides is 1. The lowest BCUT2D eigenvalue weighted by Crippen LogP contribution is -2.31. The molecule has 1 saturated carbocycles. The number of nitrogens with zero attached hydrogens (tertiary/aromatic N) is 2. The quantitative estimate of drug-likeness (QED) is 0.863. The lowest BCUT2D eigenvalue weighted by molar-refractivity contribution is -0.123. The molecule has 0 saturated heterocycles. The number of carbonyl (C=O) groups excluding carboxylic acids is 1. The van der Waals surface area contributed by atoms with Gasteiger partial charge in [0.05, 0.1) is 12.2 Å². The second kappa shape index (κ2) is 7.51. The fourth-order valence-corrected chi connectivity index (χ4v) is 3.54. The van der Waals surface area contributed by atoms with Crippen molar-refractivity contribution in [3.63, 3.8) is 0 Å². The first-order chi connectivity index (χ1) is 13.1. The van der Waals surface area contributed by atoms with E-state index >= 15 is 0 Å². The SMILES string of the molecule is CC1=C(F)CCC(C(=O)NC2CC2)C=C1C1C=CC=C(n2ccnc2)C=C1. The lowest BCUT2D eigenvalue weighted by atomic mass is 9.90. The molecule has 0 aliphatic heterocycles. The summed E-state index contributed by atoms with van der Waals surface area (Å²) in [6, 6.07) is 0.316. The van der Waals surface area contributed by atoms with Gasteiger partial charge < -0.3 is 9.88 Å². The van der Waals surface area contributed by atoms with Gasteiger partial charge in [0.25, 0.3) is 0 Å². The predicted molar refractivity (Wildman–Crippen MR) is 104 cm³/mol. The summed E-state index contributed by atoms with van der Waals surface area (Å²) in [6.45, 7) is 1.82. The second-order valence-corrected chi connectivity index (χ2v) is 7.41. The van der Waals surface area contributed by atoms with Crippen molar-refractivity contribution in [3.8, 4) is 0 Å². The third kappa shape index (κ3) is 4.02. The van der Waals surface area contributed by atoms with Crippen LogP contribution < -0.4 is 5.32 Å². The number of nitrogens with one attached hydrogen (secondary N) is 1. The number of carbonyl (C=O) groups is 1. The first-order valence-corrected chi connectivity index (χ1v) is 9.54. The molecular weight excluding hydrogens is 341 g/mol. The molecule has 1 fully saturated rings. The highest BCUT2D eigenvalue weighted by Gasteiger charge is 2.29. The Morgan fingerprint density at radius 1 is 1.30 bits per heavy atom. The molecule has 4 rings (SSSR count). The van der Waals surface area contributed by atoms with Gasteiger partial charge in [-0.2, -0.15) is 0 Å². The van der Waals surface area contributed by atoms with Crippen molar-refractivity contribution in [2.75, 3.05) is 0 Å². The van der Waals surface area contributed by atoms with Gasteiger partial charge in [0.2, 0.25) is 5.91 Å². The van der Waals surface area contributed by atoms with Gasteiger partial charge in [-0.1, -0.05) is 24.3 Å². The molecule has 1 aromatic heterocycles. The van der Waals surface area contributed by atoms with Crippen molar-refractivity contribution >= 4 is 11.6 Å². The molecule has 1 heterocycles. The zero-order chi connectivity index (χ0) is 18.8. The summed E-state index contributed by atoms with van der Waals surface area (Å²) in [5.74, 6) is -0.439. The van der Waals surface area contributed by atoms with Gasteiger partial charge in [-0.05, 0) is 49.5 Å². The number of halogens is 1. The summed E-state index contributed by atoms with van der Waals surface area (Å²) in [5, 5.41) is 3.06. The van der Waals surface area contributed by atoms with Crippen LogP contribution in [0.1, 0.15) is 32.6 Å². The third-order valence-corrected chi connectivity index (χ3v) is 5.38. The topological polar surface area (TPSA) is 46.9 Å². The molecular formula is C22H24FN3O. The normalized spacial score (nSPS) is 25.6. The van der Waals surface area contributed by atoms with Crippen LogP contribution in [0.25, 0.3) is 5.70 Å². The van der Waals surface area contributed by atoms with E-state index in [4.69, 9.17) is 0 Å². The van der Waals surface area contributed by atoms with Gasteiger partial charge in [0.15, 0.2) is 0 Å². The maximum Gasteiger partial charge on any atom is 0.227 e. The lowest BCUT2D eigenvalue weighted by Gasteiger charge is -2.16. The molecule has 0 bridgehead atoms. The van der Waals surface area contributed by atoms with E-state index in [9.17, 15) is 9.18 Å². The second-order valence-electron chi connectivity index (χ2n) is 7.41. The number of imidazole rings is 1. The Kier molecular flexibility index (Phi) is 4.92. The number of rotatable bonds is 4. The van der Waals surface area contributed by atoms with E-state index in [2.05, 4.69) is 16.4 Å². The van der Waals surface area contributed by atoms with Crippen molar-refractivity contribution in [1.82, 2.24) is 14.9 Å². The first kappa shape index (κ1) is 17.7. The van der Waals surface area contributed by atoms with Crippen LogP contribution in [0.3, 0.4) is 0 Å². The van der Waals surface area contributed by atoms with Gasteiger partial charge in [0.1, 0.15) is 5.83 Å². The number of aromatic nitrogens is 2. The molecule has 2 unspecified atom stereocenters. The minimum atomic E-state index is -0.282. The molecule has 140 valence electrons. The minimum Gasteiger partial charge on any atom is -0.353 e. The molecule has 0 aromatic carbocycles. The third-order valence-electron chi connectivity index (χ3n) is 5.38. The Bertz CT molecular complexity index is 869. The van der Waals surface area contributed by atoms with Crippen LogP contribution in [-0.4, -0.2) is 21.5 Å². The summed E-state index contributed by atoms with van der Waals surface area (Å²) in [5.41, 5.74) is 2.53. The van der Waals surface area contributed by atoms with Crippen molar-refractivity contribution < 1.29 is 9.18 Å². The van der Waals surface area contributed by atoms with E-state index in [0.717, 1.165) is 24.1 Å². The van der Waals surface area contributed by atoms with E-state index in [-0.39, 0.29) is 23.6 Å². The predicted octanol–water partition coefficient (Wildman–Crippen LogP) is 4.32. The Hall–Kier alpha value is -2.69. The molecule has 1 amide bonds. The first-order valence-electron chi connectivity index (χ1n) is 9.54. The maximum absolute atomic E-state index is 14.6. The number of hydrogen-bond acceptors (Lipinski definition) is 2. The Balaban J connectivity index is 1.60. The van der Waals surface area contributed by atoms with Gasteiger partial charge >= 0.3 is 0 Å². The number of allylic oxidation sites excluding steroid dienone is 9. The van der Waals surface area contributed by atoms with Crippen molar-refractivity contribution in [3.05, 3.63) is 72.2 Å². The van der Waals surface area contributed by atoms with Crippen LogP contribution in [0, 0.1) is 11.8 Å². The zero-order valence-corrected chi connectivity index (χ0v) is 15.4. The molecule has 0 spiro atoms. The molecule has 3 aliphatic rings. The smallest absolute Gasteiger partial charge is 0.227 e. The van der Waals surface area contributed by atoms with Gasteiger partial charge in [-0.15, -0.1) is 0 Å². The molecule has 4 nitrogen and oxygen atoms in total. The summed E-state index contributed by atoms with van der Waals surface area (Å²) < 4.78 is 16.5. The summed E-state index contributed by atoms with van der Waals surface area (Å²) in [6.07, 6.45) is 20.4. The molecule has 5 heteroatoms. The van der Waals surface area contributed by atoms with E-state index < -0.39 is 0 Å². The highest BCUT2D eigenvalue weighted by molar-refractivity contribution is 5.81. The molecule has 1 aromatic rings. The average Bonchev–Trinajstić information content (AvgIpc) is 3.40. The van der Waals surface area contributed by atoms with Gasteiger partial charge in [-0.3, -0.25) is 4.79 Å². The monoisotopic (exact) mass is 365 g/mol. The highest BCUT2D eigenvalue weighted by Crippen LogP contribution is 2.35. The summed E-state index contributed by atoms with van der Waals surface area (Å²) in [7, 11) is 0. The van der Waals surface area contributed by atoms with Crippen LogP contribution in [0.4, 0.5) is 4.39 Å². The van der Waals surface area contributed by atoms with Gasteiger partial charge in [-0.25, -0.2) is 9.37 Å². The molecule has 3 aliphatic carbocycles. The highest BCUT2D eigenvalue weighted by atomic mass is 19.1. The van der Waals surface area contributed by atoms with E-state index in [0.29, 0.717) is 24.5 Å². The van der Waals surface area contributed by atoms with Crippen LogP contribution >= 0.6 is 0 Å². The Morgan fingerprint density at radius 2 is 2.15 bits per heavy atom. The minimum absolute atomic E-state index is 0.0244. The fraction of sp³-hybridized carbons (Fsp3) is 0.364. The van der Waals surface area contributed by atoms with Crippen molar-refractivity contribution in [2.45, 2.75) is 38.6 Å². The Labute approximate surface area is 158 Å². The van der Waals surface area contributed by atoms with Crippen LogP contribution in [-0.2, 0) is 4.79 Å². The largest absolute Gasteiger partial charge is 0.353 e. The maximum atomic E-state index is 14.6. The Morgan fingerprint density at radius 3 is 2.89 bits per heavy atom. The van der Waals surface area contributed by atoms with Gasteiger partial charge in [0, 0.05) is 36.5 Å². The van der Waals surface area contributed by atoms with Crippen molar-refractivity contribution in [1.29, 1.82) is 0 Å².